The van der Waals surface area contributed by atoms with Crippen molar-refractivity contribution in [3.63, 3.8) is 0 Å². The molecule has 27 heavy (non-hydrogen) atoms. The van der Waals surface area contributed by atoms with Gasteiger partial charge in [-0.2, -0.15) is 13.2 Å². The van der Waals surface area contributed by atoms with Crippen molar-refractivity contribution in [2.24, 2.45) is 0 Å². The summed E-state index contributed by atoms with van der Waals surface area (Å²) in [6, 6.07) is 8.03. The standard InChI is InChI=1S/C18H20F3N3O2S/c1-2-24(11-16(25)22-10-15-4-3-9-27-15)12-17(26)23-14-7-5-13(6-8-14)18(19,20)21/h3-9H,2,10-12H2,1H3,(H,22,25)(H,23,26). The Bertz CT molecular complexity index is 746. The van der Waals surface area contributed by atoms with Gasteiger partial charge in [0.2, 0.25) is 11.8 Å². The molecule has 0 spiro atoms. The molecule has 146 valence electrons. The number of carbonyl (C=O) groups excluding carboxylic acids is 2. The van der Waals surface area contributed by atoms with Crippen molar-refractivity contribution in [2.75, 3.05) is 25.0 Å². The third-order valence-electron chi connectivity index (χ3n) is 3.72. The number of nitrogens with zero attached hydrogens (tertiary/aromatic N) is 1. The van der Waals surface area contributed by atoms with Gasteiger partial charge in [-0.05, 0) is 42.3 Å². The Labute approximate surface area is 159 Å². The van der Waals surface area contributed by atoms with E-state index in [2.05, 4.69) is 10.6 Å². The van der Waals surface area contributed by atoms with Gasteiger partial charge in [0.25, 0.3) is 0 Å². The van der Waals surface area contributed by atoms with Crippen LogP contribution in [0.4, 0.5) is 18.9 Å². The number of thiophene rings is 1. The Morgan fingerprint density at radius 1 is 1.07 bits per heavy atom. The van der Waals surface area contributed by atoms with E-state index in [1.165, 1.54) is 12.1 Å². The van der Waals surface area contributed by atoms with Gasteiger partial charge < -0.3 is 10.6 Å². The van der Waals surface area contributed by atoms with Crippen LogP contribution in [0, 0.1) is 0 Å². The SMILES string of the molecule is CCN(CC(=O)NCc1cccs1)CC(=O)Nc1ccc(C(F)(F)F)cc1. The zero-order valence-electron chi connectivity index (χ0n) is 14.7. The van der Waals surface area contributed by atoms with Crippen molar-refractivity contribution in [3.05, 3.63) is 52.2 Å². The van der Waals surface area contributed by atoms with Crippen molar-refractivity contribution in [1.82, 2.24) is 10.2 Å². The lowest BCUT2D eigenvalue weighted by Crippen LogP contribution is -2.40. The number of anilines is 1. The average molecular weight is 399 g/mol. The van der Waals surface area contributed by atoms with Crippen LogP contribution < -0.4 is 10.6 Å². The smallest absolute Gasteiger partial charge is 0.350 e. The first kappa shape index (κ1) is 20.9. The zero-order chi connectivity index (χ0) is 19.9. The zero-order valence-corrected chi connectivity index (χ0v) is 15.5. The predicted molar refractivity (Wildman–Crippen MR) is 98.4 cm³/mol. The van der Waals surface area contributed by atoms with E-state index in [0.29, 0.717) is 13.1 Å². The molecule has 0 fully saturated rings. The van der Waals surface area contributed by atoms with Crippen LogP contribution >= 0.6 is 11.3 Å². The van der Waals surface area contributed by atoms with Crippen LogP contribution in [0.3, 0.4) is 0 Å². The lowest BCUT2D eigenvalue weighted by Gasteiger charge is -2.19. The molecule has 2 amide bonds. The number of carbonyl (C=O) groups is 2. The molecule has 2 N–H and O–H groups in total. The Kier molecular flexibility index (Phi) is 7.37. The van der Waals surface area contributed by atoms with E-state index in [9.17, 15) is 22.8 Å². The van der Waals surface area contributed by atoms with E-state index >= 15 is 0 Å². The fourth-order valence-corrected chi connectivity index (χ4v) is 2.93. The molecule has 1 heterocycles. The second-order valence-corrected chi connectivity index (χ2v) is 6.81. The van der Waals surface area contributed by atoms with Gasteiger partial charge in [-0.25, -0.2) is 0 Å². The molecule has 1 aromatic heterocycles. The van der Waals surface area contributed by atoms with Gasteiger partial charge >= 0.3 is 6.18 Å². The molecular weight excluding hydrogens is 379 g/mol. The highest BCUT2D eigenvalue weighted by atomic mass is 32.1. The molecule has 0 radical (unpaired) electrons. The maximum atomic E-state index is 12.5. The van der Waals surface area contributed by atoms with E-state index in [4.69, 9.17) is 0 Å². The first-order chi connectivity index (χ1) is 12.8. The van der Waals surface area contributed by atoms with E-state index in [1.807, 2.05) is 24.4 Å². The summed E-state index contributed by atoms with van der Waals surface area (Å²) < 4.78 is 37.6. The summed E-state index contributed by atoms with van der Waals surface area (Å²) in [4.78, 5) is 26.8. The monoisotopic (exact) mass is 399 g/mol. The number of rotatable bonds is 8. The molecule has 0 aliphatic heterocycles. The molecule has 0 saturated carbocycles. The van der Waals surface area contributed by atoms with Crippen LogP contribution in [0.5, 0.6) is 0 Å². The highest BCUT2D eigenvalue weighted by molar-refractivity contribution is 7.09. The van der Waals surface area contributed by atoms with Crippen molar-refractivity contribution in [1.29, 1.82) is 0 Å². The Hall–Kier alpha value is -2.39. The van der Waals surface area contributed by atoms with Gasteiger partial charge in [-0.15, -0.1) is 11.3 Å². The lowest BCUT2D eigenvalue weighted by atomic mass is 10.2. The number of alkyl halides is 3. The van der Waals surface area contributed by atoms with Crippen molar-refractivity contribution < 1.29 is 22.8 Å². The molecule has 5 nitrogen and oxygen atoms in total. The van der Waals surface area contributed by atoms with Gasteiger partial charge in [0.15, 0.2) is 0 Å². The molecule has 0 bridgehead atoms. The minimum Gasteiger partial charge on any atom is -0.350 e. The highest BCUT2D eigenvalue weighted by Crippen LogP contribution is 2.29. The van der Waals surface area contributed by atoms with Crippen LogP contribution in [0.2, 0.25) is 0 Å². The van der Waals surface area contributed by atoms with Gasteiger partial charge in [-0.1, -0.05) is 13.0 Å². The third kappa shape index (κ3) is 7.03. The lowest BCUT2D eigenvalue weighted by molar-refractivity contribution is -0.137. The van der Waals surface area contributed by atoms with Crippen LogP contribution in [0.1, 0.15) is 17.4 Å². The minimum absolute atomic E-state index is 0.0378. The molecule has 0 unspecified atom stereocenters. The molecular formula is C18H20F3N3O2S. The van der Waals surface area contributed by atoms with Gasteiger partial charge in [-0.3, -0.25) is 14.5 Å². The molecule has 0 aliphatic rings. The van der Waals surface area contributed by atoms with E-state index in [0.717, 1.165) is 17.0 Å². The number of hydrogen-bond donors (Lipinski definition) is 2. The second kappa shape index (κ2) is 9.52. The fourth-order valence-electron chi connectivity index (χ4n) is 2.28. The summed E-state index contributed by atoms with van der Waals surface area (Å²) in [7, 11) is 0. The average Bonchev–Trinajstić information content (AvgIpc) is 3.12. The molecule has 2 aromatic rings. The molecule has 0 aliphatic carbocycles. The van der Waals surface area contributed by atoms with E-state index in [-0.39, 0.29) is 24.7 Å². The van der Waals surface area contributed by atoms with Crippen LogP contribution in [0.15, 0.2) is 41.8 Å². The van der Waals surface area contributed by atoms with Gasteiger partial charge in [0.05, 0.1) is 25.2 Å². The number of nitrogens with one attached hydrogen (secondary N) is 2. The summed E-state index contributed by atoms with van der Waals surface area (Å²) in [6.07, 6.45) is -4.42. The quantitative estimate of drug-likeness (QED) is 0.716. The van der Waals surface area contributed by atoms with Crippen molar-refractivity contribution in [2.45, 2.75) is 19.6 Å². The first-order valence-corrected chi connectivity index (χ1v) is 9.14. The van der Waals surface area contributed by atoms with Crippen LogP contribution in [-0.4, -0.2) is 36.3 Å². The number of likely N-dealkylation sites (N-methyl/N-ethyl adjacent to an activating group) is 1. The molecule has 0 saturated heterocycles. The Balaban J connectivity index is 1.80. The molecule has 9 heteroatoms. The summed E-state index contributed by atoms with van der Waals surface area (Å²) in [5, 5.41) is 7.24. The van der Waals surface area contributed by atoms with Gasteiger partial charge in [0, 0.05) is 10.6 Å². The van der Waals surface area contributed by atoms with Crippen LogP contribution in [-0.2, 0) is 22.3 Å². The molecule has 1 aromatic carbocycles. The van der Waals surface area contributed by atoms with Crippen molar-refractivity contribution in [3.8, 4) is 0 Å². The maximum Gasteiger partial charge on any atom is 0.416 e. The fraction of sp³-hybridized carbons (Fsp3) is 0.333. The van der Waals surface area contributed by atoms with E-state index in [1.54, 1.807) is 16.2 Å². The summed E-state index contributed by atoms with van der Waals surface area (Å²) in [5.74, 6) is -0.602. The summed E-state index contributed by atoms with van der Waals surface area (Å²) in [6.45, 7) is 2.75. The predicted octanol–water partition coefficient (Wildman–Crippen LogP) is 3.34. The van der Waals surface area contributed by atoms with E-state index < -0.39 is 17.6 Å². The minimum atomic E-state index is -4.42. The normalized spacial score (nSPS) is 11.4. The van der Waals surface area contributed by atoms with Crippen molar-refractivity contribution >= 4 is 28.8 Å². The summed E-state index contributed by atoms with van der Waals surface area (Å²) >= 11 is 1.54. The Morgan fingerprint density at radius 2 is 1.74 bits per heavy atom. The number of halogens is 3. The number of amides is 2. The van der Waals surface area contributed by atoms with Crippen LogP contribution in [0.25, 0.3) is 0 Å². The molecule has 0 atom stereocenters. The van der Waals surface area contributed by atoms with Gasteiger partial charge in [0.1, 0.15) is 0 Å². The molecule has 2 rings (SSSR count). The largest absolute Gasteiger partial charge is 0.416 e. The Morgan fingerprint density at radius 3 is 2.30 bits per heavy atom. The second-order valence-electron chi connectivity index (χ2n) is 5.78. The third-order valence-corrected chi connectivity index (χ3v) is 4.59. The maximum absolute atomic E-state index is 12.5. The number of benzene rings is 1. The number of hydrogen-bond acceptors (Lipinski definition) is 4. The summed E-state index contributed by atoms with van der Waals surface area (Å²) in [5.41, 5.74) is -0.510. The first-order valence-electron chi connectivity index (χ1n) is 8.26. The highest BCUT2D eigenvalue weighted by Gasteiger charge is 2.30. The topological polar surface area (TPSA) is 61.4 Å².